The first-order chi connectivity index (χ1) is 15.8. The fourth-order valence-electron chi connectivity index (χ4n) is 7.11. The Morgan fingerprint density at radius 3 is 2.18 bits per heavy atom. The maximum Gasteiger partial charge on any atom is 0.573 e. The largest absolute Gasteiger partial charge is 0.573 e. The molecule has 3 aliphatic rings. The Balaban J connectivity index is 1.25. The predicted octanol–water partition coefficient (Wildman–Crippen LogP) is 9.19. The summed E-state index contributed by atoms with van der Waals surface area (Å²) in [7, 11) is 0. The molecule has 0 N–H and O–H groups in total. The van der Waals surface area contributed by atoms with Crippen molar-refractivity contribution in [2.45, 2.75) is 96.3 Å². The zero-order valence-corrected chi connectivity index (χ0v) is 19.8. The Bertz CT molecular complexity index is 794. The van der Waals surface area contributed by atoms with E-state index in [1.165, 1.54) is 57.4 Å². The third kappa shape index (κ3) is 6.54. The summed E-state index contributed by atoms with van der Waals surface area (Å²) in [6, 6.07) is 3.97. The topological polar surface area (TPSA) is 9.23 Å². The van der Waals surface area contributed by atoms with Gasteiger partial charge in [0.1, 0.15) is 0 Å². The second-order valence-electron chi connectivity index (χ2n) is 10.8. The van der Waals surface area contributed by atoms with Crippen molar-refractivity contribution in [3.05, 3.63) is 41.7 Å². The highest BCUT2D eigenvalue weighted by molar-refractivity contribution is 5.31. The highest BCUT2D eigenvalue weighted by Gasteiger charge is 2.39. The van der Waals surface area contributed by atoms with Crippen LogP contribution in [0.25, 0.3) is 0 Å². The van der Waals surface area contributed by atoms with Crippen LogP contribution in [0.1, 0.15) is 95.5 Å². The van der Waals surface area contributed by atoms with Gasteiger partial charge in [0.25, 0.3) is 0 Å². The molecule has 3 fully saturated rings. The van der Waals surface area contributed by atoms with E-state index in [-0.39, 0.29) is 5.92 Å². The monoisotopic (exact) mass is 466 g/mol. The van der Waals surface area contributed by atoms with E-state index in [4.69, 9.17) is 0 Å². The molecule has 4 unspecified atom stereocenters. The number of alkyl halides is 3. The molecule has 1 aromatic rings. The van der Waals surface area contributed by atoms with E-state index in [1.54, 1.807) is 6.07 Å². The van der Waals surface area contributed by atoms with Crippen molar-refractivity contribution in [3.8, 4) is 5.75 Å². The highest BCUT2D eigenvalue weighted by Crippen LogP contribution is 2.50. The first-order valence-electron chi connectivity index (χ1n) is 13.0. The molecule has 0 bridgehead atoms. The molecule has 0 aromatic heterocycles. The van der Waals surface area contributed by atoms with Crippen molar-refractivity contribution in [3.63, 3.8) is 0 Å². The summed E-state index contributed by atoms with van der Waals surface area (Å²) in [4.78, 5) is 0. The smallest absolute Gasteiger partial charge is 0.403 e. The normalized spacial score (nSPS) is 33.1. The van der Waals surface area contributed by atoms with Crippen LogP contribution in [0, 0.1) is 35.4 Å². The minimum atomic E-state index is -4.87. The highest BCUT2D eigenvalue weighted by atomic mass is 19.4. The number of benzene rings is 1. The minimum absolute atomic E-state index is 0.236. The number of hydrogen-bond acceptors (Lipinski definition) is 1. The quantitative estimate of drug-likeness (QED) is 0.300. The van der Waals surface area contributed by atoms with E-state index in [0.29, 0.717) is 0 Å². The first kappa shape index (κ1) is 24.6. The average Bonchev–Trinajstić information content (AvgIpc) is 2.79. The van der Waals surface area contributed by atoms with Gasteiger partial charge in [0.2, 0.25) is 0 Å². The molecule has 184 valence electrons. The van der Waals surface area contributed by atoms with Crippen LogP contribution in [0.15, 0.2) is 30.4 Å². The number of halogens is 4. The van der Waals surface area contributed by atoms with Crippen molar-refractivity contribution in [1.82, 2.24) is 0 Å². The maximum atomic E-state index is 14.1. The molecule has 33 heavy (non-hydrogen) atoms. The van der Waals surface area contributed by atoms with Gasteiger partial charge in [-0.25, -0.2) is 4.39 Å². The van der Waals surface area contributed by atoms with Gasteiger partial charge in [-0.05, 0) is 131 Å². The third-order valence-corrected chi connectivity index (χ3v) is 8.83. The molecular formula is C28H38F4O. The lowest BCUT2D eigenvalue weighted by molar-refractivity contribution is -0.275. The van der Waals surface area contributed by atoms with Gasteiger partial charge in [-0.2, -0.15) is 0 Å². The molecule has 4 atom stereocenters. The van der Waals surface area contributed by atoms with Crippen LogP contribution in [0.4, 0.5) is 17.6 Å². The summed E-state index contributed by atoms with van der Waals surface area (Å²) in [5.74, 6) is 2.91. The van der Waals surface area contributed by atoms with Gasteiger partial charge < -0.3 is 4.74 Å². The summed E-state index contributed by atoms with van der Waals surface area (Å²) in [5, 5.41) is 0. The van der Waals surface area contributed by atoms with E-state index in [2.05, 4.69) is 23.8 Å². The SMILES string of the molecule is C/C=C/CCC1CCC2CC(C3CCC(c4ccc(OC(F)(F)F)c(F)c4)CC3)CCC2C1. The molecule has 0 aliphatic heterocycles. The van der Waals surface area contributed by atoms with Gasteiger partial charge in [-0.1, -0.05) is 24.6 Å². The molecule has 1 aromatic carbocycles. The lowest BCUT2D eigenvalue weighted by Crippen LogP contribution is -2.34. The first-order valence-corrected chi connectivity index (χ1v) is 13.0. The van der Waals surface area contributed by atoms with Gasteiger partial charge in [-0.15, -0.1) is 13.2 Å². The summed E-state index contributed by atoms with van der Waals surface area (Å²) in [6.07, 6.45) is 14.9. The van der Waals surface area contributed by atoms with Crippen LogP contribution in [0.2, 0.25) is 0 Å². The Hall–Kier alpha value is -1.52. The van der Waals surface area contributed by atoms with Crippen LogP contribution in [0.5, 0.6) is 5.75 Å². The summed E-state index contributed by atoms with van der Waals surface area (Å²) >= 11 is 0. The summed E-state index contributed by atoms with van der Waals surface area (Å²) in [6.45, 7) is 2.10. The Kier molecular flexibility index (Phi) is 8.07. The fraction of sp³-hybridized carbons (Fsp3) is 0.714. The van der Waals surface area contributed by atoms with E-state index >= 15 is 0 Å². The van der Waals surface area contributed by atoms with Gasteiger partial charge in [0, 0.05) is 0 Å². The molecule has 3 aliphatic carbocycles. The zero-order chi connectivity index (χ0) is 23.4. The van der Waals surface area contributed by atoms with Gasteiger partial charge in [0.15, 0.2) is 11.6 Å². The maximum absolute atomic E-state index is 14.1. The molecule has 3 saturated carbocycles. The van der Waals surface area contributed by atoms with Gasteiger partial charge in [0.05, 0.1) is 0 Å². The standard InChI is InChI=1S/C28H38F4O/c1-2-3-4-5-19-6-7-24-17-23(13-12-22(24)16-19)20-8-10-21(11-9-20)25-14-15-27(26(29)18-25)33-28(30,31)32/h2-3,14-15,18-24H,4-13,16-17H2,1H3/b3-2+. The van der Waals surface area contributed by atoms with Crippen LogP contribution in [0.3, 0.4) is 0 Å². The van der Waals surface area contributed by atoms with Crippen molar-refractivity contribution in [1.29, 1.82) is 0 Å². The summed E-state index contributed by atoms with van der Waals surface area (Å²) < 4.78 is 55.1. The van der Waals surface area contributed by atoms with Crippen LogP contribution in [-0.4, -0.2) is 6.36 Å². The summed E-state index contributed by atoms with van der Waals surface area (Å²) in [5.41, 5.74) is 0.806. The van der Waals surface area contributed by atoms with Crippen molar-refractivity contribution >= 4 is 0 Å². The molecule has 0 saturated heterocycles. The lowest BCUT2D eigenvalue weighted by Gasteiger charge is -2.45. The molecular weight excluding hydrogens is 428 g/mol. The molecule has 4 rings (SSSR count). The minimum Gasteiger partial charge on any atom is -0.403 e. The Morgan fingerprint density at radius 1 is 0.879 bits per heavy atom. The number of rotatable bonds is 6. The van der Waals surface area contributed by atoms with E-state index in [1.807, 2.05) is 0 Å². The number of hydrogen-bond donors (Lipinski definition) is 0. The molecule has 1 nitrogen and oxygen atoms in total. The third-order valence-electron chi connectivity index (χ3n) is 8.83. The Morgan fingerprint density at radius 2 is 1.52 bits per heavy atom. The number of ether oxygens (including phenoxy) is 1. The van der Waals surface area contributed by atoms with E-state index < -0.39 is 17.9 Å². The van der Waals surface area contributed by atoms with Gasteiger partial charge in [-0.3, -0.25) is 0 Å². The van der Waals surface area contributed by atoms with Crippen LogP contribution >= 0.6 is 0 Å². The predicted molar refractivity (Wildman–Crippen MR) is 123 cm³/mol. The fourth-order valence-corrected chi connectivity index (χ4v) is 7.11. The molecule has 0 spiro atoms. The molecule has 0 heterocycles. The van der Waals surface area contributed by atoms with Crippen molar-refractivity contribution < 1.29 is 22.3 Å². The van der Waals surface area contributed by atoms with Crippen LogP contribution < -0.4 is 4.74 Å². The lowest BCUT2D eigenvalue weighted by atomic mass is 9.60. The second kappa shape index (κ2) is 10.8. The molecule has 0 amide bonds. The van der Waals surface area contributed by atoms with Crippen molar-refractivity contribution in [2.75, 3.05) is 0 Å². The van der Waals surface area contributed by atoms with E-state index in [0.717, 1.165) is 66.9 Å². The Labute approximate surface area is 196 Å². The number of allylic oxidation sites excluding steroid dienone is 2. The second-order valence-corrected chi connectivity index (χ2v) is 10.8. The zero-order valence-electron chi connectivity index (χ0n) is 19.8. The van der Waals surface area contributed by atoms with E-state index in [9.17, 15) is 17.6 Å². The molecule has 5 heteroatoms. The average molecular weight is 467 g/mol. The number of fused-ring (bicyclic) bond motifs is 1. The van der Waals surface area contributed by atoms with Gasteiger partial charge >= 0.3 is 6.36 Å². The molecule has 0 radical (unpaired) electrons. The van der Waals surface area contributed by atoms with Crippen LogP contribution in [-0.2, 0) is 0 Å². The van der Waals surface area contributed by atoms with Crippen molar-refractivity contribution in [2.24, 2.45) is 29.6 Å².